The van der Waals surface area contributed by atoms with Crippen molar-refractivity contribution in [2.24, 2.45) is 5.92 Å². The second-order valence-electron chi connectivity index (χ2n) is 5.23. The Hall–Kier alpha value is -1.14. The van der Waals surface area contributed by atoms with Crippen LogP contribution in [0.25, 0.3) is 0 Å². The van der Waals surface area contributed by atoms with E-state index in [9.17, 15) is 9.59 Å². The Bertz CT molecular complexity index is 348. The summed E-state index contributed by atoms with van der Waals surface area (Å²) in [6.07, 6.45) is 2.32. The molecular weight excluding hydrogens is 248 g/mol. The van der Waals surface area contributed by atoms with Crippen molar-refractivity contribution in [1.82, 2.24) is 10.2 Å². The summed E-state index contributed by atoms with van der Waals surface area (Å²) >= 11 is 0. The lowest BCUT2D eigenvalue weighted by Gasteiger charge is -2.27. The highest BCUT2D eigenvalue weighted by atomic mass is 16.5. The molecule has 2 aliphatic heterocycles. The highest BCUT2D eigenvalue weighted by Gasteiger charge is 2.41. The van der Waals surface area contributed by atoms with Crippen molar-refractivity contribution < 1.29 is 19.4 Å². The predicted octanol–water partition coefficient (Wildman–Crippen LogP) is 0.0766. The van der Waals surface area contributed by atoms with Crippen LogP contribution in [0.1, 0.15) is 26.2 Å². The van der Waals surface area contributed by atoms with Crippen molar-refractivity contribution in [3.63, 3.8) is 0 Å². The number of hydrogen-bond donors (Lipinski definition) is 2. The first-order valence-electron chi connectivity index (χ1n) is 6.99. The first-order chi connectivity index (χ1) is 9.15. The van der Waals surface area contributed by atoms with Crippen molar-refractivity contribution in [2.45, 2.75) is 38.3 Å². The molecule has 6 nitrogen and oxygen atoms in total. The van der Waals surface area contributed by atoms with E-state index in [-0.39, 0.29) is 17.9 Å². The zero-order valence-corrected chi connectivity index (χ0v) is 11.3. The standard InChI is InChI=1S/C13H22N2O4/c1-2-5-14-10-8-19-7-9(10)12(16)15-6-3-4-11(15)13(17)18/h9-11,14H,2-8H2,1H3,(H,17,18)/t9?,10?,11-/m0/s1. The Morgan fingerprint density at radius 3 is 2.89 bits per heavy atom. The molecule has 19 heavy (non-hydrogen) atoms. The van der Waals surface area contributed by atoms with Gasteiger partial charge in [0.25, 0.3) is 0 Å². The molecule has 0 aromatic carbocycles. The molecule has 2 heterocycles. The molecule has 2 unspecified atom stereocenters. The summed E-state index contributed by atoms with van der Waals surface area (Å²) < 4.78 is 5.39. The third-order valence-corrected chi connectivity index (χ3v) is 3.88. The lowest BCUT2D eigenvalue weighted by atomic mass is 10.0. The monoisotopic (exact) mass is 270 g/mol. The summed E-state index contributed by atoms with van der Waals surface area (Å²) in [5.74, 6) is -1.22. The van der Waals surface area contributed by atoms with E-state index in [0.717, 1.165) is 19.4 Å². The summed E-state index contributed by atoms with van der Waals surface area (Å²) in [6.45, 7) is 4.39. The lowest BCUT2D eigenvalue weighted by molar-refractivity contribution is -0.150. The third kappa shape index (κ3) is 3.06. The summed E-state index contributed by atoms with van der Waals surface area (Å²) in [4.78, 5) is 25.1. The Kier molecular flexibility index (Phi) is 4.76. The smallest absolute Gasteiger partial charge is 0.326 e. The number of hydrogen-bond acceptors (Lipinski definition) is 4. The number of aliphatic carboxylic acids is 1. The van der Waals surface area contributed by atoms with Crippen LogP contribution >= 0.6 is 0 Å². The van der Waals surface area contributed by atoms with E-state index in [0.29, 0.717) is 26.2 Å². The minimum absolute atomic E-state index is 0.0162. The van der Waals surface area contributed by atoms with Crippen LogP contribution in [0.15, 0.2) is 0 Å². The molecule has 2 fully saturated rings. The molecule has 0 aliphatic carbocycles. The van der Waals surface area contributed by atoms with Gasteiger partial charge in [-0.2, -0.15) is 0 Å². The van der Waals surface area contributed by atoms with E-state index >= 15 is 0 Å². The first-order valence-corrected chi connectivity index (χ1v) is 6.99. The van der Waals surface area contributed by atoms with E-state index < -0.39 is 12.0 Å². The molecule has 0 radical (unpaired) electrons. The number of carbonyl (C=O) groups is 2. The highest BCUT2D eigenvalue weighted by Crippen LogP contribution is 2.24. The van der Waals surface area contributed by atoms with Crippen LogP contribution < -0.4 is 5.32 Å². The normalized spacial score (nSPS) is 30.8. The van der Waals surface area contributed by atoms with Gasteiger partial charge in [0, 0.05) is 12.6 Å². The average Bonchev–Trinajstić information content (AvgIpc) is 3.04. The maximum Gasteiger partial charge on any atom is 0.326 e. The molecule has 3 atom stereocenters. The fourth-order valence-electron chi connectivity index (χ4n) is 2.83. The van der Waals surface area contributed by atoms with E-state index in [1.165, 1.54) is 4.90 Å². The zero-order valence-electron chi connectivity index (χ0n) is 11.3. The Morgan fingerprint density at radius 1 is 1.42 bits per heavy atom. The van der Waals surface area contributed by atoms with E-state index in [1.54, 1.807) is 0 Å². The van der Waals surface area contributed by atoms with Gasteiger partial charge in [0.1, 0.15) is 6.04 Å². The molecule has 1 amide bonds. The molecule has 0 saturated carbocycles. The van der Waals surface area contributed by atoms with Gasteiger partial charge in [0.05, 0.1) is 19.1 Å². The zero-order chi connectivity index (χ0) is 13.8. The van der Waals surface area contributed by atoms with Gasteiger partial charge in [-0.05, 0) is 25.8 Å². The van der Waals surface area contributed by atoms with Gasteiger partial charge >= 0.3 is 5.97 Å². The molecule has 2 N–H and O–H groups in total. The van der Waals surface area contributed by atoms with Crippen LogP contribution in [0.3, 0.4) is 0 Å². The van der Waals surface area contributed by atoms with E-state index in [1.807, 2.05) is 0 Å². The SMILES string of the molecule is CCCNC1COCC1C(=O)N1CCC[C@H]1C(=O)O. The van der Waals surface area contributed by atoms with E-state index in [4.69, 9.17) is 9.84 Å². The molecule has 108 valence electrons. The minimum atomic E-state index is -0.900. The average molecular weight is 270 g/mol. The van der Waals surface area contributed by atoms with Crippen LogP contribution in [0.5, 0.6) is 0 Å². The second-order valence-corrected chi connectivity index (χ2v) is 5.23. The molecule has 0 aromatic rings. The van der Waals surface area contributed by atoms with Crippen molar-refractivity contribution in [1.29, 1.82) is 0 Å². The van der Waals surface area contributed by atoms with Crippen molar-refractivity contribution in [3.8, 4) is 0 Å². The van der Waals surface area contributed by atoms with Gasteiger partial charge in [0.2, 0.25) is 5.91 Å². The van der Waals surface area contributed by atoms with Crippen molar-refractivity contribution >= 4 is 11.9 Å². The summed E-state index contributed by atoms with van der Waals surface area (Å²) in [5, 5.41) is 12.5. The number of carboxylic acid groups (broad SMARTS) is 1. The third-order valence-electron chi connectivity index (χ3n) is 3.88. The topological polar surface area (TPSA) is 78.9 Å². The molecule has 6 heteroatoms. The molecular formula is C13H22N2O4. The highest BCUT2D eigenvalue weighted by molar-refractivity contribution is 5.86. The molecule has 2 saturated heterocycles. The predicted molar refractivity (Wildman–Crippen MR) is 68.8 cm³/mol. The maximum atomic E-state index is 12.5. The number of carboxylic acids is 1. The minimum Gasteiger partial charge on any atom is -0.480 e. The van der Waals surface area contributed by atoms with Crippen LogP contribution in [-0.2, 0) is 14.3 Å². The maximum absolute atomic E-state index is 12.5. The quantitative estimate of drug-likeness (QED) is 0.739. The molecule has 0 aromatic heterocycles. The van der Waals surface area contributed by atoms with Gasteiger partial charge in [-0.25, -0.2) is 4.79 Å². The van der Waals surface area contributed by atoms with Crippen LogP contribution in [0, 0.1) is 5.92 Å². The Labute approximate surface area is 113 Å². The molecule has 2 rings (SSSR count). The van der Waals surface area contributed by atoms with Crippen LogP contribution in [0.2, 0.25) is 0 Å². The molecule has 2 aliphatic rings. The summed E-state index contributed by atoms with van der Waals surface area (Å²) in [6, 6.07) is -0.637. The lowest BCUT2D eigenvalue weighted by Crippen LogP contribution is -2.49. The number of nitrogens with zero attached hydrogens (tertiary/aromatic N) is 1. The van der Waals surface area contributed by atoms with Crippen LogP contribution in [-0.4, -0.2) is 60.3 Å². The number of likely N-dealkylation sites (tertiary alicyclic amines) is 1. The second kappa shape index (κ2) is 6.34. The van der Waals surface area contributed by atoms with Crippen molar-refractivity contribution in [3.05, 3.63) is 0 Å². The van der Waals surface area contributed by atoms with Gasteiger partial charge < -0.3 is 20.1 Å². The Morgan fingerprint density at radius 2 is 2.21 bits per heavy atom. The largest absolute Gasteiger partial charge is 0.480 e. The number of carbonyl (C=O) groups excluding carboxylic acids is 1. The summed E-state index contributed by atoms with van der Waals surface area (Å²) in [7, 11) is 0. The number of amides is 1. The van der Waals surface area contributed by atoms with Gasteiger partial charge in [-0.3, -0.25) is 4.79 Å². The fourth-order valence-corrected chi connectivity index (χ4v) is 2.83. The van der Waals surface area contributed by atoms with Gasteiger partial charge in [-0.15, -0.1) is 0 Å². The number of nitrogens with one attached hydrogen (secondary N) is 1. The molecule has 0 bridgehead atoms. The molecule has 0 spiro atoms. The number of rotatable bonds is 5. The van der Waals surface area contributed by atoms with Crippen molar-refractivity contribution in [2.75, 3.05) is 26.3 Å². The van der Waals surface area contributed by atoms with Crippen LogP contribution in [0.4, 0.5) is 0 Å². The number of ether oxygens (including phenoxy) is 1. The summed E-state index contributed by atoms with van der Waals surface area (Å²) in [5.41, 5.74) is 0. The Balaban J connectivity index is 1.99. The van der Waals surface area contributed by atoms with Gasteiger partial charge in [0.15, 0.2) is 0 Å². The van der Waals surface area contributed by atoms with E-state index in [2.05, 4.69) is 12.2 Å². The first kappa shape index (κ1) is 14.3. The fraction of sp³-hybridized carbons (Fsp3) is 0.846. The van der Waals surface area contributed by atoms with Gasteiger partial charge in [-0.1, -0.05) is 6.92 Å².